The van der Waals surface area contributed by atoms with Crippen molar-refractivity contribution in [2.24, 2.45) is 5.73 Å². The van der Waals surface area contributed by atoms with E-state index in [1.54, 1.807) is 25.1 Å². The quantitative estimate of drug-likeness (QED) is 0.878. The third kappa shape index (κ3) is 3.37. The molecule has 3 nitrogen and oxygen atoms in total. The van der Waals surface area contributed by atoms with Gasteiger partial charge in [-0.2, -0.15) is 0 Å². The van der Waals surface area contributed by atoms with Crippen LogP contribution in [-0.4, -0.2) is 11.9 Å². The van der Waals surface area contributed by atoms with Crippen LogP contribution in [0.2, 0.25) is 10.0 Å². The molecule has 0 aliphatic heterocycles. The van der Waals surface area contributed by atoms with Gasteiger partial charge in [0.1, 0.15) is 0 Å². The molecule has 0 aromatic heterocycles. The highest BCUT2D eigenvalue weighted by molar-refractivity contribution is 6.33. The molecule has 0 fully saturated rings. The molecule has 1 amide bonds. The lowest BCUT2D eigenvalue weighted by molar-refractivity contribution is -0.122. The molecule has 0 spiro atoms. The number of carbonyl (C=O) groups excluding carboxylic acids is 1. The van der Waals surface area contributed by atoms with Gasteiger partial charge in [0.25, 0.3) is 0 Å². The Balaban J connectivity index is 2.84. The zero-order valence-corrected chi connectivity index (χ0v) is 10.6. The van der Waals surface area contributed by atoms with E-state index in [4.69, 9.17) is 28.9 Å². The van der Waals surface area contributed by atoms with E-state index in [0.29, 0.717) is 10.0 Å². The van der Waals surface area contributed by atoms with Gasteiger partial charge in [0.15, 0.2) is 0 Å². The van der Waals surface area contributed by atoms with Gasteiger partial charge in [-0.25, -0.2) is 0 Å². The minimum absolute atomic E-state index is 0.218. The fourth-order valence-electron chi connectivity index (χ4n) is 1.27. The zero-order chi connectivity index (χ0) is 12.3. The highest BCUT2D eigenvalue weighted by Crippen LogP contribution is 2.26. The molecule has 0 radical (unpaired) electrons. The van der Waals surface area contributed by atoms with Crippen LogP contribution in [0.15, 0.2) is 18.2 Å². The maximum absolute atomic E-state index is 11.4. The van der Waals surface area contributed by atoms with Crippen LogP contribution in [0, 0.1) is 0 Å². The van der Waals surface area contributed by atoms with Gasteiger partial charge in [0.05, 0.1) is 12.1 Å². The molecule has 16 heavy (non-hydrogen) atoms. The van der Waals surface area contributed by atoms with E-state index in [1.807, 2.05) is 6.92 Å². The molecule has 0 saturated heterocycles. The SMILES string of the molecule is CC(NC(=O)[C@@H](C)N)c1cc(Cl)ccc1Cl. The molecule has 88 valence electrons. The fraction of sp³-hybridized carbons (Fsp3) is 0.364. The second kappa shape index (κ2) is 5.53. The van der Waals surface area contributed by atoms with Crippen molar-refractivity contribution >= 4 is 29.1 Å². The normalized spacial score (nSPS) is 14.3. The summed E-state index contributed by atoms with van der Waals surface area (Å²) in [7, 11) is 0. The third-order valence-corrected chi connectivity index (χ3v) is 2.78. The van der Waals surface area contributed by atoms with Gasteiger partial charge in [-0.15, -0.1) is 0 Å². The number of hydrogen-bond donors (Lipinski definition) is 2. The van der Waals surface area contributed by atoms with Gasteiger partial charge >= 0.3 is 0 Å². The first-order valence-corrected chi connectivity index (χ1v) is 5.68. The van der Waals surface area contributed by atoms with E-state index in [9.17, 15) is 4.79 Å². The summed E-state index contributed by atoms with van der Waals surface area (Å²) in [6, 6.07) is 4.38. The summed E-state index contributed by atoms with van der Waals surface area (Å²) in [5.74, 6) is -0.219. The Labute approximate surface area is 105 Å². The molecular formula is C11H14Cl2N2O. The molecule has 1 unspecified atom stereocenters. The largest absolute Gasteiger partial charge is 0.348 e. The zero-order valence-electron chi connectivity index (χ0n) is 9.13. The van der Waals surface area contributed by atoms with Gasteiger partial charge in [-0.1, -0.05) is 23.2 Å². The molecule has 2 atom stereocenters. The van der Waals surface area contributed by atoms with Crippen LogP contribution in [0.5, 0.6) is 0 Å². The second-order valence-electron chi connectivity index (χ2n) is 3.68. The summed E-state index contributed by atoms with van der Waals surface area (Å²) in [6.07, 6.45) is 0. The minimum atomic E-state index is -0.541. The molecule has 1 aromatic carbocycles. The van der Waals surface area contributed by atoms with Crippen LogP contribution in [-0.2, 0) is 4.79 Å². The molecule has 5 heteroatoms. The van der Waals surface area contributed by atoms with Gasteiger partial charge in [0, 0.05) is 10.0 Å². The van der Waals surface area contributed by atoms with Crippen LogP contribution >= 0.6 is 23.2 Å². The van der Waals surface area contributed by atoms with E-state index in [1.165, 1.54) is 0 Å². The predicted octanol–water partition coefficient (Wildman–Crippen LogP) is 2.52. The average molecular weight is 261 g/mol. The van der Waals surface area contributed by atoms with Crippen LogP contribution in [0.4, 0.5) is 0 Å². The summed E-state index contributed by atoms with van der Waals surface area (Å²) >= 11 is 11.9. The Morgan fingerprint density at radius 2 is 2.00 bits per heavy atom. The summed E-state index contributed by atoms with van der Waals surface area (Å²) in [5.41, 5.74) is 6.24. The van der Waals surface area contributed by atoms with Crippen molar-refractivity contribution in [3.8, 4) is 0 Å². The summed E-state index contributed by atoms with van der Waals surface area (Å²) in [6.45, 7) is 3.46. The number of nitrogens with one attached hydrogen (secondary N) is 1. The maximum atomic E-state index is 11.4. The molecular weight excluding hydrogens is 247 g/mol. The monoisotopic (exact) mass is 260 g/mol. The molecule has 0 aliphatic rings. The van der Waals surface area contributed by atoms with Gasteiger partial charge in [-0.05, 0) is 37.6 Å². The van der Waals surface area contributed by atoms with Gasteiger partial charge in [0.2, 0.25) is 5.91 Å². The van der Waals surface area contributed by atoms with Crippen LogP contribution in [0.1, 0.15) is 25.5 Å². The first kappa shape index (κ1) is 13.3. The number of halogens is 2. The third-order valence-electron chi connectivity index (χ3n) is 2.20. The first-order valence-electron chi connectivity index (χ1n) is 4.92. The lowest BCUT2D eigenvalue weighted by Gasteiger charge is -2.17. The van der Waals surface area contributed by atoms with E-state index in [2.05, 4.69) is 5.32 Å². The number of rotatable bonds is 3. The Hall–Kier alpha value is -0.770. The topological polar surface area (TPSA) is 55.1 Å². The second-order valence-corrected chi connectivity index (χ2v) is 4.53. The Bertz CT molecular complexity index is 394. The standard InChI is InChI=1S/C11H14Cl2N2O/c1-6(14)11(16)15-7(2)9-5-8(12)3-4-10(9)13/h3-7H,14H2,1-2H3,(H,15,16)/t6-,7?/m1/s1. The molecule has 3 N–H and O–H groups in total. The van der Waals surface area contributed by atoms with Gasteiger partial charge in [-0.3, -0.25) is 4.79 Å². The van der Waals surface area contributed by atoms with E-state index in [-0.39, 0.29) is 11.9 Å². The molecule has 0 heterocycles. The number of hydrogen-bond acceptors (Lipinski definition) is 2. The highest BCUT2D eigenvalue weighted by atomic mass is 35.5. The van der Waals surface area contributed by atoms with Crippen molar-refractivity contribution in [1.82, 2.24) is 5.32 Å². The van der Waals surface area contributed by atoms with Crippen molar-refractivity contribution in [3.05, 3.63) is 33.8 Å². The lowest BCUT2D eigenvalue weighted by atomic mass is 10.1. The van der Waals surface area contributed by atoms with Crippen molar-refractivity contribution < 1.29 is 4.79 Å². The summed E-state index contributed by atoms with van der Waals surface area (Å²) < 4.78 is 0. The number of nitrogens with two attached hydrogens (primary N) is 1. The minimum Gasteiger partial charge on any atom is -0.348 e. The van der Waals surface area contributed by atoms with Crippen LogP contribution in [0.25, 0.3) is 0 Å². The molecule has 0 bridgehead atoms. The lowest BCUT2D eigenvalue weighted by Crippen LogP contribution is -2.39. The van der Waals surface area contributed by atoms with Crippen molar-refractivity contribution in [3.63, 3.8) is 0 Å². The molecule has 0 saturated carbocycles. The van der Waals surface area contributed by atoms with Gasteiger partial charge < -0.3 is 11.1 Å². The molecule has 0 aliphatic carbocycles. The Kier molecular flexibility index (Phi) is 4.59. The van der Waals surface area contributed by atoms with E-state index in [0.717, 1.165) is 5.56 Å². The fourth-order valence-corrected chi connectivity index (χ4v) is 1.73. The maximum Gasteiger partial charge on any atom is 0.237 e. The number of carbonyl (C=O) groups is 1. The highest BCUT2D eigenvalue weighted by Gasteiger charge is 2.15. The molecule has 1 rings (SSSR count). The summed E-state index contributed by atoms with van der Waals surface area (Å²) in [4.78, 5) is 11.4. The Morgan fingerprint density at radius 3 is 2.56 bits per heavy atom. The Morgan fingerprint density at radius 1 is 1.38 bits per heavy atom. The van der Waals surface area contributed by atoms with Crippen molar-refractivity contribution in [2.45, 2.75) is 25.9 Å². The predicted molar refractivity (Wildman–Crippen MR) is 66.7 cm³/mol. The van der Waals surface area contributed by atoms with Crippen LogP contribution < -0.4 is 11.1 Å². The van der Waals surface area contributed by atoms with Crippen molar-refractivity contribution in [2.75, 3.05) is 0 Å². The van der Waals surface area contributed by atoms with E-state index >= 15 is 0 Å². The van der Waals surface area contributed by atoms with Crippen molar-refractivity contribution in [1.29, 1.82) is 0 Å². The summed E-state index contributed by atoms with van der Waals surface area (Å²) in [5, 5.41) is 3.91. The number of benzene rings is 1. The first-order chi connectivity index (χ1) is 7.41. The number of amides is 1. The smallest absolute Gasteiger partial charge is 0.237 e. The van der Waals surface area contributed by atoms with E-state index < -0.39 is 6.04 Å². The molecule has 1 aromatic rings. The van der Waals surface area contributed by atoms with Crippen LogP contribution in [0.3, 0.4) is 0 Å². The average Bonchev–Trinajstić information content (AvgIpc) is 2.21.